The summed E-state index contributed by atoms with van der Waals surface area (Å²) in [6, 6.07) is 0. The molecule has 2 nitrogen and oxygen atoms in total. The van der Waals surface area contributed by atoms with Crippen molar-refractivity contribution in [3.8, 4) is 0 Å². The Kier molecular flexibility index (Phi) is 20.1. The lowest BCUT2D eigenvalue weighted by atomic mass is 10.0. The number of allylic oxidation sites excluding steroid dienone is 1. The molecule has 0 aliphatic carbocycles. The molecular formula is C22H46N2. The van der Waals surface area contributed by atoms with E-state index in [1.807, 2.05) is 13.1 Å². The van der Waals surface area contributed by atoms with Crippen molar-refractivity contribution in [3.63, 3.8) is 0 Å². The first-order valence-electron chi connectivity index (χ1n) is 10.9. The predicted octanol–water partition coefficient (Wildman–Crippen LogP) is 7.05. The topological polar surface area (TPSA) is 38.0 Å². The molecule has 0 heterocycles. The van der Waals surface area contributed by atoms with Crippen molar-refractivity contribution in [2.24, 2.45) is 5.73 Å². The van der Waals surface area contributed by atoms with Crippen LogP contribution in [0.5, 0.6) is 0 Å². The average Bonchev–Trinajstić information content (AvgIpc) is 2.56. The minimum absolute atomic E-state index is 0.0621. The first kappa shape index (κ1) is 23.5. The van der Waals surface area contributed by atoms with Crippen molar-refractivity contribution < 1.29 is 0 Å². The maximum atomic E-state index is 5.61. The van der Waals surface area contributed by atoms with Crippen LogP contribution < -0.4 is 11.1 Å². The molecule has 1 unspecified atom stereocenters. The average molecular weight is 339 g/mol. The zero-order valence-corrected chi connectivity index (χ0v) is 16.8. The molecule has 3 N–H and O–H groups in total. The fraction of sp³-hybridized carbons (Fsp3) is 0.909. The van der Waals surface area contributed by atoms with E-state index < -0.39 is 0 Å². The summed E-state index contributed by atoms with van der Waals surface area (Å²) < 4.78 is 0. The summed E-state index contributed by atoms with van der Waals surface area (Å²) in [5, 5.41) is 3.10. The van der Waals surface area contributed by atoms with E-state index >= 15 is 0 Å². The molecule has 0 aliphatic heterocycles. The van der Waals surface area contributed by atoms with Gasteiger partial charge in [0.25, 0.3) is 0 Å². The van der Waals surface area contributed by atoms with E-state index in [2.05, 4.69) is 18.3 Å². The molecule has 1 atom stereocenters. The number of rotatable bonds is 19. The van der Waals surface area contributed by atoms with Crippen molar-refractivity contribution in [1.82, 2.24) is 5.32 Å². The van der Waals surface area contributed by atoms with E-state index in [0.717, 1.165) is 0 Å². The van der Waals surface area contributed by atoms with Gasteiger partial charge >= 0.3 is 0 Å². The van der Waals surface area contributed by atoms with E-state index in [0.29, 0.717) is 0 Å². The summed E-state index contributed by atoms with van der Waals surface area (Å²) in [6.45, 7) is 4.25. The summed E-state index contributed by atoms with van der Waals surface area (Å²) >= 11 is 0. The summed E-state index contributed by atoms with van der Waals surface area (Å²) in [7, 11) is 0. The highest BCUT2D eigenvalue weighted by Crippen LogP contribution is 2.14. The van der Waals surface area contributed by atoms with Crippen molar-refractivity contribution in [2.45, 2.75) is 129 Å². The highest BCUT2D eigenvalue weighted by Gasteiger charge is 1.94. The monoisotopic (exact) mass is 338 g/mol. The van der Waals surface area contributed by atoms with Crippen LogP contribution >= 0.6 is 0 Å². The van der Waals surface area contributed by atoms with Gasteiger partial charge in [0.1, 0.15) is 0 Å². The smallest absolute Gasteiger partial charge is 0.0709 e. The Labute approximate surface area is 153 Å². The van der Waals surface area contributed by atoms with E-state index in [4.69, 9.17) is 5.73 Å². The lowest BCUT2D eigenvalue weighted by molar-refractivity contribution is 0.530. The third kappa shape index (κ3) is 21.5. The summed E-state index contributed by atoms with van der Waals surface area (Å²) in [6.07, 6.45) is 28.4. The van der Waals surface area contributed by atoms with Crippen molar-refractivity contribution in [1.29, 1.82) is 0 Å². The number of unbranched alkanes of at least 4 members (excludes halogenated alkanes) is 16. The van der Waals surface area contributed by atoms with Crippen molar-refractivity contribution in [3.05, 3.63) is 12.3 Å². The van der Waals surface area contributed by atoms with Crippen molar-refractivity contribution >= 4 is 0 Å². The third-order valence-electron chi connectivity index (χ3n) is 4.70. The molecule has 0 amide bonds. The summed E-state index contributed by atoms with van der Waals surface area (Å²) in [4.78, 5) is 0. The number of nitrogens with two attached hydrogens (primary N) is 1. The Morgan fingerprint density at radius 3 is 1.42 bits per heavy atom. The minimum atomic E-state index is 0.0621. The van der Waals surface area contributed by atoms with Gasteiger partial charge in [0, 0.05) is 0 Å². The van der Waals surface area contributed by atoms with Gasteiger partial charge in [0.05, 0.1) is 6.17 Å². The summed E-state index contributed by atoms with van der Waals surface area (Å²) in [5.74, 6) is 0. The number of hydrogen-bond acceptors (Lipinski definition) is 2. The zero-order valence-electron chi connectivity index (χ0n) is 16.8. The quantitative estimate of drug-likeness (QED) is 0.196. The molecule has 0 fully saturated rings. The highest BCUT2D eigenvalue weighted by molar-refractivity contribution is 4.80. The maximum Gasteiger partial charge on any atom is 0.0709 e. The van der Waals surface area contributed by atoms with E-state index in [1.165, 1.54) is 109 Å². The van der Waals surface area contributed by atoms with E-state index in [1.54, 1.807) is 0 Å². The fourth-order valence-electron chi connectivity index (χ4n) is 3.11. The summed E-state index contributed by atoms with van der Waals surface area (Å²) in [5.41, 5.74) is 5.61. The van der Waals surface area contributed by atoms with Gasteiger partial charge in [0.2, 0.25) is 0 Å². The van der Waals surface area contributed by atoms with Crippen LogP contribution in [0.2, 0.25) is 0 Å². The maximum absolute atomic E-state index is 5.61. The molecule has 2 heteroatoms. The van der Waals surface area contributed by atoms with Gasteiger partial charge in [-0.2, -0.15) is 0 Å². The second-order valence-corrected chi connectivity index (χ2v) is 7.45. The van der Waals surface area contributed by atoms with E-state index in [9.17, 15) is 0 Å². The van der Waals surface area contributed by atoms with Crippen LogP contribution in [0.4, 0.5) is 0 Å². The molecule has 0 spiro atoms. The first-order chi connectivity index (χ1) is 11.8. The number of hydrogen-bond donors (Lipinski definition) is 2. The van der Waals surface area contributed by atoms with Gasteiger partial charge in [-0.25, -0.2) is 0 Å². The molecule has 0 aromatic carbocycles. The van der Waals surface area contributed by atoms with E-state index in [-0.39, 0.29) is 6.17 Å². The fourth-order valence-corrected chi connectivity index (χ4v) is 3.11. The van der Waals surface area contributed by atoms with Crippen LogP contribution in [0.15, 0.2) is 12.3 Å². The van der Waals surface area contributed by atoms with Crippen LogP contribution in [0, 0.1) is 0 Å². The highest BCUT2D eigenvalue weighted by atomic mass is 15.0. The van der Waals surface area contributed by atoms with Gasteiger partial charge in [0.15, 0.2) is 0 Å². The third-order valence-corrected chi connectivity index (χ3v) is 4.70. The normalized spacial score (nSPS) is 12.8. The lowest BCUT2D eigenvalue weighted by Crippen LogP contribution is -2.29. The van der Waals surface area contributed by atoms with Gasteiger partial charge in [-0.15, -0.1) is 0 Å². The molecule has 144 valence electrons. The Morgan fingerprint density at radius 2 is 1.04 bits per heavy atom. The second-order valence-electron chi connectivity index (χ2n) is 7.45. The molecule has 0 radical (unpaired) electrons. The molecule has 0 bridgehead atoms. The Hall–Kier alpha value is -0.500. The molecule has 0 aliphatic rings. The largest absolute Gasteiger partial charge is 0.376 e. The second kappa shape index (κ2) is 20.5. The van der Waals surface area contributed by atoms with Gasteiger partial charge < -0.3 is 11.1 Å². The van der Waals surface area contributed by atoms with Crippen molar-refractivity contribution in [2.75, 3.05) is 0 Å². The number of nitrogens with one attached hydrogen (secondary N) is 1. The molecule has 0 rings (SSSR count). The molecular weight excluding hydrogens is 292 g/mol. The van der Waals surface area contributed by atoms with Crippen LogP contribution in [0.3, 0.4) is 0 Å². The van der Waals surface area contributed by atoms with Crippen LogP contribution in [0.25, 0.3) is 0 Å². The first-order valence-corrected chi connectivity index (χ1v) is 10.9. The standard InChI is InChI=1S/C22H46N2/c1-3-4-5-6-7-8-9-10-11-12-13-14-15-16-17-18-19-20-21-24-22(2)23/h20-22,24H,3-19,23H2,1-2H3. The molecule has 0 saturated carbocycles. The minimum Gasteiger partial charge on any atom is -0.376 e. The lowest BCUT2D eigenvalue weighted by Gasteiger charge is -2.04. The zero-order chi connectivity index (χ0) is 17.7. The Bertz CT molecular complexity index is 248. The SMILES string of the molecule is CCCCCCCCCCCCCCCCCCC=CNC(C)N. The molecule has 0 aromatic rings. The molecule has 24 heavy (non-hydrogen) atoms. The van der Waals surface area contributed by atoms with Crippen LogP contribution in [-0.2, 0) is 0 Å². The van der Waals surface area contributed by atoms with Crippen LogP contribution in [0.1, 0.15) is 123 Å². The predicted molar refractivity (Wildman–Crippen MR) is 110 cm³/mol. The molecule has 0 saturated heterocycles. The van der Waals surface area contributed by atoms with Crippen LogP contribution in [-0.4, -0.2) is 6.17 Å². The Morgan fingerprint density at radius 1 is 0.667 bits per heavy atom. The van der Waals surface area contributed by atoms with Gasteiger partial charge in [-0.3, -0.25) is 0 Å². The van der Waals surface area contributed by atoms with Gasteiger partial charge in [-0.1, -0.05) is 109 Å². The molecule has 0 aromatic heterocycles. The Balaban J connectivity index is 3.01. The van der Waals surface area contributed by atoms with Gasteiger partial charge in [-0.05, 0) is 26.0 Å².